The molecule has 2 fully saturated rings. The maximum atomic E-state index is 12.5. The fourth-order valence-electron chi connectivity index (χ4n) is 3.20. The lowest BCUT2D eigenvalue weighted by atomic mass is 9.78. The molecule has 0 aromatic carbocycles. The highest BCUT2D eigenvalue weighted by atomic mass is 16.4. The molecule has 0 aromatic heterocycles. The molecule has 0 spiro atoms. The summed E-state index contributed by atoms with van der Waals surface area (Å²) in [6.45, 7) is 3.65. The topological polar surface area (TPSA) is 77.9 Å². The number of rotatable bonds is 2. The predicted octanol–water partition coefficient (Wildman–Crippen LogP) is 0.568. The van der Waals surface area contributed by atoms with Crippen molar-refractivity contribution in [1.82, 2.24) is 9.80 Å². The van der Waals surface area contributed by atoms with Gasteiger partial charge in [0.05, 0.1) is 11.8 Å². The van der Waals surface area contributed by atoms with Gasteiger partial charge in [0.1, 0.15) is 0 Å². The number of amides is 2. The van der Waals surface area contributed by atoms with Gasteiger partial charge in [-0.1, -0.05) is 12.8 Å². The zero-order valence-electron chi connectivity index (χ0n) is 11.9. The van der Waals surface area contributed by atoms with E-state index in [1.54, 1.807) is 9.80 Å². The van der Waals surface area contributed by atoms with E-state index in [9.17, 15) is 19.5 Å². The van der Waals surface area contributed by atoms with Gasteiger partial charge in [0.2, 0.25) is 11.8 Å². The van der Waals surface area contributed by atoms with Gasteiger partial charge in [-0.15, -0.1) is 0 Å². The van der Waals surface area contributed by atoms with E-state index in [1.807, 2.05) is 0 Å². The summed E-state index contributed by atoms with van der Waals surface area (Å²) in [5.74, 6) is -1.80. The Morgan fingerprint density at radius 2 is 1.40 bits per heavy atom. The third-order valence-electron chi connectivity index (χ3n) is 4.44. The fraction of sp³-hybridized carbons (Fsp3) is 0.786. The van der Waals surface area contributed by atoms with Crippen LogP contribution in [-0.4, -0.2) is 58.9 Å². The largest absolute Gasteiger partial charge is 0.481 e. The van der Waals surface area contributed by atoms with Crippen LogP contribution < -0.4 is 0 Å². The van der Waals surface area contributed by atoms with Crippen LogP contribution in [0.3, 0.4) is 0 Å². The number of carbonyl (C=O) groups excluding carboxylic acids is 2. The van der Waals surface area contributed by atoms with E-state index < -0.39 is 11.9 Å². The third-order valence-corrected chi connectivity index (χ3v) is 4.44. The van der Waals surface area contributed by atoms with Crippen LogP contribution in [0.2, 0.25) is 0 Å². The van der Waals surface area contributed by atoms with Crippen molar-refractivity contribution in [1.29, 1.82) is 0 Å². The minimum atomic E-state index is -0.856. The first kappa shape index (κ1) is 14.8. The fourth-order valence-corrected chi connectivity index (χ4v) is 3.20. The number of hydrogen-bond donors (Lipinski definition) is 1. The van der Waals surface area contributed by atoms with Crippen molar-refractivity contribution in [2.24, 2.45) is 11.8 Å². The molecule has 6 heteroatoms. The molecule has 20 heavy (non-hydrogen) atoms. The van der Waals surface area contributed by atoms with E-state index in [4.69, 9.17) is 0 Å². The molecule has 1 aliphatic carbocycles. The quantitative estimate of drug-likeness (QED) is 0.803. The zero-order valence-corrected chi connectivity index (χ0v) is 11.9. The Balaban J connectivity index is 1.97. The molecule has 0 bridgehead atoms. The molecule has 0 unspecified atom stereocenters. The van der Waals surface area contributed by atoms with Crippen LogP contribution in [0.15, 0.2) is 0 Å². The van der Waals surface area contributed by atoms with E-state index in [2.05, 4.69) is 0 Å². The lowest BCUT2D eigenvalue weighted by Gasteiger charge is -2.38. The second-order valence-corrected chi connectivity index (χ2v) is 5.67. The minimum absolute atomic E-state index is 0.0261. The highest BCUT2D eigenvalue weighted by molar-refractivity contribution is 5.85. The Labute approximate surface area is 118 Å². The van der Waals surface area contributed by atoms with Crippen LogP contribution in [0.25, 0.3) is 0 Å². The molecule has 2 amide bonds. The van der Waals surface area contributed by atoms with Crippen molar-refractivity contribution in [3.8, 4) is 0 Å². The SMILES string of the molecule is CC(=O)N1CCN(C(=O)[C@@H]2CCCC[C@@H]2C(=O)O)CC1. The number of nitrogens with zero attached hydrogens (tertiary/aromatic N) is 2. The first-order valence-corrected chi connectivity index (χ1v) is 7.28. The first-order valence-electron chi connectivity index (χ1n) is 7.28. The van der Waals surface area contributed by atoms with E-state index in [0.717, 1.165) is 12.8 Å². The molecule has 2 atom stereocenters. The molecule has 2 aliphatic rings. The molecule has 1 saturated carbocycles. The molecular weight excluding hydrogens is 260 g/mol. The molecule has 6 nitrogen and oxygen atoms in total. The Bertz CT molecular complexity index is 402. The molecule has 112 valence electrons. The summed E-state index contributed by atoms with van der Waals surface area (Å²) in [6.07, 6.45) is 3.08. The van der Waals surface area contributed by atoms with Crippen molar-refractivity contribution in [2.75, 3.05) is 26.2 Å². The monoisotopic (exact) mass is 282 g/mol. The average molecular weight is 282 g/mol. The van der Waals surface area contributed by atoms with E-state index in [0.29, 0.717) is 39.0 Å². The lowest BCUT2D eigenvalue weighted by Crippen LogP contribution is -2.53. The van der Waals surface area contributed by atoms with Crippen molar-refractivity contribution in [3.05, 3.63) is 0 Å². The number of carboxylic acids is 1. The maximum absolute atomic E-state index is 12.5. The molecule has 1 saturated heterocycles. The number of carboxylic acid groups (broad SMARTS) is 1. The van der Waals surface area contributed by atoms with Gasteiger partial charge in [0.25, 0.3) is 0 Å². The van der Waals surface area contributed by atoms with Crippen LogP contribution in [0, 0.1) is 11.8 Å². The van der Waals surface area contributed by atoms with Gasteiger partial charge in [0.15, 0.2) is 0 Å². The minimum Gasteiger partial charge on any atom is -0.481 e. The Hall–Kier alpha value is -1.59. The van der Waals surface area contributed by atoms with Crippen LogP contribution in [0.1, 0.15) is 32.6 Å². The van der Waals surface area contributed by atoms with Crippen molar-refractivity contribution < 1.29 is 19.5 Å². The van der Waals surface area contributed by atoms with Gasteiger partial charge in [-0.3, -0.25) is 14.4 Å². The summed E-state index contributed by atoms with van der Waals surface area (Å²) in [4.78, 5) is 38.5. The summed E-state index contributed by atoms with van der Waals surface area (Å²) < 4.78 is 0. The smallest absolute Gasteiger partial charge is 0.307 e. The summed E-state index contributed by atoms with van der Waals surface area (Å²) in [7, 11) is 0. The predicted molar refractivity (Wildman–Crippen MR) is 71.9 cm³/mol. The number of aliphatic carboxylic acids is 1. The lowest BCUT2D eigenvalue weighted by molar-refractivity contribution is -0.153. The van der Waals surface area contributed by atoms with Crippen LogP contribution in [0.5, 0.6) is 0 Å². The summed E-state index contributed by atoms with van der Waals surface area (Å²) in [6, 6.07) is 0. The normalized spacial score (nSPS) is 27.2. The molecular formula is C14H22N2O4. The van der Waals surface area contributed by atoms with Gasteiger partial charge >= 0.3 is 5.97 Å². The maximum Gasteiger partial charge on any atom is 0.307 e. The summed E-state index contributed by atoms with van der Waals surface area (Å²) in [5.41, 5.74) is 0. The van der Waals surface area contributed by atoms with E-state index in [-0.39, 0.29) is 17.7 Å². The second-order valence-electron chi connectivity index (χ2n) is 5.67. The van der Waals surface area contributed by atoms with E-state index in [1.165, 1.54) is 6.92 Å². The van der Waals surface area contributed by atoms with Gasteiger partial charge in [-0.25, -0.2) is 0 Å². The second kappa shape index (κ2) is 6.24. The van der Waals surface area contributed by atoms with Crippen LogP contribution in [0.4, 0.5) is 0 Å². The van der Waals surface area contributed by atoms with Gasteiger partial charge in [0, 0.05) is 33.1 Å². The number of carbonyl (C=O) groups is 3. The van der Waals surface area contributed by atoms with Crippen LogP contribution >= 0.6 is 0 Å². The Kier molecular flexibility index (Phi) is 4.62. The number of piperazine rings is 1. The van der Waals surface area contributed by atoms with Gasteiger partial charge < -0.3 is 14.9 Å². The summed E-state index contributed by atoms with van der Waals surface area (Å²) >= 11 is 0. The Morgan fingerprint density at radius 1 is 0.900 bits per heavy atom. The van der Waals surface area contributed by atoms with Crippen molar-refractivity contribution in [3.63, 3.8) is 0 Å². The average Bonchev–Trinajstić information content (AvgIpc) is 2.46. The van der Waals surface area contributed by atoms with Crippen LogP contribution in [-0.2, 0) is 14.4 Å². The molecule has 1 N–H and O–H groups in total. The molecule has 2 rings (SSSR count). The highest BCUT2D eigenvalue weighted by Crippen LogP contribution is 2.32. The van der Waals surface area contributed by atoms with Gasteiger partial charge in [-0.2, -0.15) is 0 Å². The zero-order chi connectivity index (χ0) is 14.7. The Morgan fingerprint density at radius 3 is 1.90 bits per heavy atom. The number of hydrogen-bond acceptors (Lipinski definition) is 3. The van der Waals surface area contributed by atoms with E-state index >= 15 is 0 Å². The highest BCUT2D eigenvalue weighted by Gasteiger charge is 2.38. The van der Waals surface area contributed by atoms with Crippen molar-refractivity contribution in [2.45, 2.75) is 32.6 Å². The first-order chi connectivity index (χ1) is 9.50. The molecule has 1 heterocycles. The van der Waals surface area contributed by atoms with Gasteiger partial charge in [-0.05, 0) is 12.8 Å². The summed E-state index contributed by atoms with van der Waals surface area (Å²) in [5, 5.41) is 9.25. The van der Waals surface area contributed by atoms with Crippen molar-refractivity contribution >= 4 is 17.8 Å². The standard InChI is InChI=1S/C14H22N2O4/c1-10(17)15-6-8-16(9-7-15)13(18)11-4-2-3-5-12(11)14(19)20/h11-12H,2-9H2,1H3,(H,19,20)/t11-,12+/m1/s1. The molecule has 0 aromatic rings. The molecule has 0 radical (unpaired) electrons. The third kappa shape index (κ3) is 3.11. The molecule has 1 aliphatic heterocycles.